The fourth-order valence-corrected chi connectivity index (χ4v) is 1.90. The number of benzene rings is 1. The molecule has 0 radical (unpaired) electrons. The molecule has 1 atom stereocenters. The Morgan fingerprint density at radius 2 is 2.16 bits per heavy atom. The Labute approximate surface area is 125 Å². The highest BCUT2D eigenvalue weighted by atomic mass is 79.9. The Balaban J connectivity index is 2.39. The highest BCUT2D eigenvalue weighted by Crippen LogP contribution is 2.23. The maximum atomic E-state index is 11.8. The predicted molar refractivity (Wildman–Crippen MR) is 77.5 cm³/mol. The molecule has 0 bridgehead atoms. The van der Waals surface area contributed by atoms with Gasteiger partial charge in [-0.3, -0.25) is 9.59 Å². The molecule has 0 aliphatic rings. The first kappa shape index (κ1) is 16.0. The van der Waals surface area contributed by atoms with Crippen LogP contribution in [0.2, 0.25) is 5.02 Å². The SMILES string of the molecule is CC(CCCNC(=O)c1ccc(Br)c(Cl)c1)C(=O)O. The van der Waals surface area contributed by atoms with E-state index in [2.05, 4.69) is 21.2 Å². The van der Waals surface area contributed by atoms with E-state index >= 15 is 0 Å². The van der Waals surface area contributed by atoms with Gasteiger partial charge < -0.3 is 10.4 Å². The fraction of sp³-hybridized carbons (Fsp3) is 0.385. The summed E-state index contributed by atoms with van der Waals surface area (Å²) in [6, 6.07) is 4.97. The first-order chi connectivity index (χ1) is 8.91. The second-order valence-electron chi connectivity index (χ2n) is 4.27. The van der Waals surface area contributed by atoms with E-state index in [9.17, 15) is 9.59 Å². The van der Waals surface area contributed by atoms with E-state index < -0.39 is 5.97 Å². The van der Waals surface area contributed by atoms with Crippen molar-refractivity contribution in [3.63, 3.8) is 0 Å². The molecule has 2 N–H and O–H groups in total. The zero-order chi connectivity index (χ0) is 14.4. The van der Waals surface area contributed by atoms with Crippen LogP contribution in [0.1, 0.15) is 30.1 Å². The van der Waals surface area contributed by atoms with Crippen molar-refractivity contribution >= 4 is 39.4 Å². The zero-order valence-corrected chi connectivity index (χ0v) is 12.8. The van der Waals surface area contributed by atoms with Gasteiger partial charge in [0.05, 0.1) is 10.9 Å². The van der Waals surface area contributed by atoms with Crippen molar-refractivity contribution in [2.75, 3.05) is 6.54 Å². The third kappa shape index (κ3) is 5.20. The van der Waals surface area contributed by atoms with Crippen LogP contribution in [0.15, 0.2) is 22.7 Å². The molecule has 1 unspecified atom stereocenters. The minimum absolute atomic E-state index is 0.211. The van der Waals surface area contributed by atoms with E-state index in [0.29, 0.717) is 30.0 Å². The van der Waals surface area contributed by atoms with Gasteiger partial charge in [-0.25, -0.2) is 0 Å². The minimum atomic E-state index is -0.814. The Kier molecular flexibility index (Phi) is 6.31. The summed E-state index contributed by atoms with van der Waals surface area (Å²) >= 11 is 9.16. The maximum Gasteiger partial charge on any atom is 0.306 e. The average molecular weight is 349 g/mol. The largest absolute Gasteiger partial charge is 0.481 e. The number of hydrogen-bond acceptors (Lipinski definition) is 2. The first-order valence-corrected chi connectivity index (χ1v) is 7.05. The summed E-state index contributed by atoms with van der Waals surface area (Å²) in [4.78, 5) is 22.4. The van der Waals surface area contributed by atoms with Crippen LogP contribution in [0.5, 0.6) is 0 Å². The monoisotopic (exact) mass is 347 g/mol. The number of halogens is 2. The number of carboxylic acids is 1. The first-order valence-electron chi connectivity index (χ1n) is 5.88. The van der Waals surface area contributed by atoms with Crippen LogP contribution < -0.4 is 5.32 Å². The summed E-state index contributed by atoms with van der Waals surface area (Å²) in [6.45, 7) is 2.10. The van der Waals surface area contributed by atoms with Crippen molar-refractivity contribution in [3.8, 4) is 0 Å². The van der Waals surface area contributed by atoms with Gasteiger partial charge in [0.2, 0.25) is 0 Å². The molecule has 0 aliphatic heterocycles. The van der Waals surface area contributed by atoms with E-state index in [1.54, 1.807) is 25.1 Å². The highest BCUT2D eigenvalue weighted by Gasteiger charge is 2.11. The molecule has 19 heavy (non-hydrogen) atoms. The van der Waals surface area contributed by atoms with Crippen LogP contribution in [0.4, 0.5) is 0 Å². The molecule has 104 valence electrons. The minimum Gasteiger partial charge on any atom is -0.481 e. The summed E-state index contributed by atoms with van der Waals surface area (Å²) < 4.78 is 0.737. The molecule has 4 nitrogen and oxygen atoms in total. The number of carboxylic acid groups (broad SMARTS) is 1. The average Bonchev–Trinajstić information content (AvgIpc) is 2.37. The molecule has 0 saturated heterocycles. The lowest BCUT2D eigenvalue weighted by atomic mass is 10.1. The van der Waals surface area contributed by atoms with Crippen molar-refractivity contribution in [2.45, 2.75) is 19.8 Å². The third-order valence-corrected chi connectivity index (χ3v) is 3.94. The number of aliphatic carboxylic acids is 1. The maximum absolute atomic E-state index is 11.8. The van der Waals surface area contributed by atoms with E-state index in [1.165, 1.54) is 0 Å². The van der Waals surface area contributed by atoms with Crippen molar-refractivity contribution < 1.29 is 14.7 Å². The van der Waals surface area contributed by atoms with Crippen LogP contribution in [-0.4, -0.2) is 23.5 Å². The molecule has 0 aromatic heterocycles. The van der Waals surface area contributed by atoms with Gasteiger partial charge in [0, 0.05) is 16.6 Å². The van der Waals surface area contributed by atoms with Crippen molar-refractivity contribution in [2.24, 2.45) is 5.92 Å². The summed E-state index contributed by atoms with van der Waals surface area (Å²) in [5, 5.41) is 11.9. The van der Waals surface area contributed by atoms with Crippen LogP contribution in [-0.2, 0) is 4.79 Å². The number of carbonyl (C=O) groups is 2. The van der Waals surface area contributed by atoms with Gasteiger partial charge in [-0.2, -0.15) is 0 Å². The van der Waals surface area contributed by atoms with Gasteiger partial charge in [0.25, 0.3) is 5.91 Å². The van der Waals surface area contributed by atoms with Crippen molar-refractivity contribution in [1.29, 1.82) is 0 Å². The Morgan fingerprint density at radius 3 is 2.74 bits per heavy atom. The molecule has 0 heterocycles. The summed E-state index contributed by atoms with van der Waals surface area (Å²) in [7, 11) is 0. The van der Waals surface area contributed by atoms with E-state index in [1.807, 2.05) is 0 Å². The van der Waals surface area contributed by atoms with E-state index in [0.717, 1.165) is 4.47 Å². The molecule has 0 aliphatic carbocycles. The van der Waals surface area contributed by atoms with Crippen LogP contribution >= 0.6 is 27.5 Å². The van der Waals surface area contributed by atoms with Crippen LogP contribution in [0, 0.1) is 5.92 Å². The number of carbonyl (C=O) groups excluding carboxylic acids is 1. The quantitative estimate of drug-likeness (QED) is 0.775. The van der Waals surface area contributed by atoms with Crippen LogP contribution in [0.25, 0.3) is 0 Å². The smallest absolute Gasteiger partial charge is 0.306 e. The normalized spacial score (nSPS) is 11.9. The Morgan fingerprint density at radius 1 is 1.47 bits per heavy atom. The predicted octanol–water partition coefficient (Wildman–Crippen LogP) is 3.33. The molecule has 0 saturated carbocycles. The summed E-state index contributed by atoms with van der Waals surface area (Å²) in [5.41, 5.74) is 0.486. The number of rotatable bonds is 6. The Hall–Kier alpha value is -1.07. The van der Waals surface area contributed by atoms with Crippen LogP contribution in [0.3, 0.4) is 0 Å². The molecule has 6 heteroatoms. The summed E-state index contributed by atoms with van der Waals surface area (Å²) in [6.07, 6.45) is 1.17. The van der Waals surface area contributed by atoms with Crippen molar-refractivity contribution in [3.05, 3.63) is 33.3 Å². The van der Waals surface area contributed by atoms with Gasteiger partial charge in [-0.15, -0.1) is 0 Å². The van der Waals surface area contributed by atoms with E-state index in [4.69, 9.17) is 16.7 Å². The lowest BCUT2D eigenvalue weighted by Crippen LogP contribution is -2.25. The lowest BCUT2D eigenvalue weighted by molar-refractivity contribution is -0.141. The molecule has 1 amide bonds. The van der Waals surface area contributed by atoms with Gasteiger partial charge in [-0.05, 0) is 47.0 Å². The van der Waals surface area contributed by atoms with Gasteiger partial charge in [0.15, 0.2) is 0 Å². The molecule has 0 spiro atoms. The second kappa shape index (κ2) is 7.50. The molecule has 1 aromatic rings. The van der Waals surface area contributed by atoms with Gasteiger partial charge >= 0.3 is 5.97 Å². The summed E-state index contributed by atoms with van der Waals surface area (Å²) in [5.74, 6) is -1.41. The zero-order valence-electron chi connectivity index (χ0n) is 10.5. The second-order valence-corrected chi connectivity index (χ2v) is 5.53. The fourth-order valence-electron chi connectivity index (χ4n) is 1.47. The Bertz CT molecular complexity index is 479. The van der Waals surface area contributed by atoms with Crippen molar-refractivity contribution in [1.82, 2.24) is 5.32 Å². The molecule has 1 aromatic carbocycles. The third-order valence-electron chi connectivity index (χ3n) is 2.70. The molecule has 1 rings (SSSR count). The lowest BCUT2D eigenvalue weighted by Gasteiger charge is -2.08. The van der Waals surface area contributed by atoms with Gasteiger partial charge in [-0.1, -0.05) is 18.5 Å². The molecule has 0 fully saturated rings. The van der Waals surface area contributed by atoms with Gasteiger partial charge in [0.1, 0.15) is 0 Å². The molecular weight excluding hydrogens is 334 g/mol. The standard InChI is InChI=1S/C13H15BrClNO3/c1-8(13(18)19)3-2-6-16-12(17)9-4-5-10(14)11(15)7-9/h4-5,7-8H,2-3,6H2,1H3,(H,16,17)(H,18,19). The number of nitrogens with one attached hydrogen (secondary N) is 1. The molecular formula is C13H15BrClNO3. The topological polar surface area (TPSA) is 66.4 Å². The highest BCUT2D eigenvalue weighted by molar-refractivity contribution is 9.10. The number of amides is 1. The van der Waals surface area contributed by atoms with E-state index in [-0.39, 0.29) is 11.8 Å². The number of hydrogen-bond donors (Lipinski definition) is 2.